The maximum absolute atomic E-state index is 11.5. The van der Waals surface area contributed by atoms with Gasteiger partial charge in [0, 0.05) is 31.8 Å². The predicted molar refractivity (Wildman–Crippen MR) is 58.9 cm³/mol. The zero-order chi connectivity index (χ0) is 10.8. The van der Waals surface area contributed by atoms with Crippen molar-refractivity contribution in [2.24, 2.45) is 5.41 Å². The lowest BCUT2D eigenvalue weighted by molar-refractivity contribution is -0.117. The summed E-state index contributed by atoms with van der Waals surface area (Å²) in [5, 5.41) is 0. The molecule has 1 aliphatic rings. The van der Waals surface area contributed by atoms with Crippen molar-refractivity contribution < 1.29 is 4.79 Å². The summed E-state index contributed by atoms with van der Waals surface area (Å²) in [6, 6.07) is 0. The number of carbonyl (C=O) groups is 1. The predicted octanol–water partition coefficient (Wildman–Crippen LogP) is 2.38. The molecule has 1 aliphatic carbocycles. The molecule has 0 aromatic carbocycles. The molecule has 0 aromatic heterocycles. The van der Waals surface area contributed by atoms with Crippen LogP contribution in [0.1, 0.15) is 26.7 Å². The minimum Gasteiger partial charge on any atom is -0.374 e. The van der Waals surface area contributed by atoms with Gasteiger partial charge in [-0.1, -0.05) is 19.9 Å². The molecule has 0 heterocycles. The van der Waals surface area contributed by atoms with E-state index in [0.29, 0.717) is 6.42 Å². The van der Waals surface area contributed by atoms with E-state index in [1.165, 1.54) is 0 Å². The Morgan fingerprint density at radius 1 is 1.57 bits per heavy atom. The van der Waals surface area contributed by atoms with Gasteiger partial charge in [0.25, 0.3) is 0 Å². The number of rotatable bonds is 3. The molecule has 0 aromatic rings. The van der Waals surface area contributed by atoms with Gasteiger partial charge < -0.3 is 4.90 Å². The number of likely N-dealkylation sites (N-methyl/N-ethyl adjacent to an activating group) is 1. The van der Waals surface area contributed by atoms with Crippen LogP contribution in [0.3, 0.4) is 0 Å². The molecule has 1 rings (SSSR count). The number of nitrogens with zero attached hydrogens (tertiary/aromatic N) is 1. The first-order valence-corrected chi connectivity index (χ1v) is 5.00. The van der Waals surface area contributed by atoms with E-state index in [9.17, 15) is 4.79 Å². The van der Waals surface area contributed by atoms with E-state index in [0.717, 1.165) is 18.7 Å². The normalized spacial score (nSPS) is 20.2. The third-order valence-electron chi connectivity index (χ3n) is 2.53. The van der Waals surface area contributed by atoms with Crippen LogP contribution in [0.5, 0.6) is 0 Å². The average Bonchev–Trinajstić information content (AvgIpc) is 2.00. The maximum atomic E-state index is 11.5. The molecule has 0 fully saturated rings. The van der Waals surface area contributed by atoms with Gasteiger partial charge in [-0.05, 0) is 11.8 Å². The fourth-order valence-corrected chi connectivity index (χ4v) is 1.87. The van der Waals surface area contributed by atoms with Crippen LogP contribution in [0.4, 0.5) is 0 Å². The number of hydrogen-bond donors (Lipinski definition) is 0. The third-order valence-corrected chi connectivity index (χ3v) is 2.53. The Balaban J connectivity index is 2.78. The van der Waals surface area contributed by atoms with E-state index < -0.39 is 0 Å². The summed E-state index contributed by atoms with van der Waals surface area (Å²) in [5.41, 5.74) is 1.24. The highest BCUT2D eigenvalue weighted by molar-refractivity contribution is 5.91. The van der Waals surface area contributed by atoms with Gasteiger partial charge in [-0.3, -0.25) is 4.79 Å². The van der Waals surface area contributed by atoms with Crippen molar-refractivity contribution >= 4 is 5.78 Å². The molecule has 0 saturated heterocycles. The molecule has 0 amide bonds. The number of carbonyl (C=O) groups excluding carboxylic acids is 1. The van der Waals surface area contributed by atoms with Crippen LogP contribution in [0, 0.1) is 5.41 Å². The Labute approximate surface area is 86.3 Å². The summed E-state index contributed by atoms with van der Waals surface area (Å²) < 4.78 is 0. The van der Waals surface area contributed by atoms with E-state index in [1.807, 2.05) is 13.1 Å². The number of allylic oxidation sites excluding steroid dienone is 2. The van der Waals surface area contributed by atoms with E-state index >= 15 is 0 Å². The Kier molecular flexibility index (Phi) is 3.14. The van der Waals surface area contributed by atoms with Crippen LogP contribution >= 0.6 is 0 Å². The van der Waals surface area contributed by atoms with Crippen molar-refractivity contribution in [3.05, 3.63) is 24.4 Å². The van der Waals surface area contributed by atoms with Crippen molar-refractivity contribution in [1.82, 2.24) is 4.90 Å². The van der Waals surface area contributed by atoms with Gasteiger partial charge in [0.2, 0.25) is 0 Å². The summed E-state index contributed by atoms with van der Waals surface area (Å²) in [4.78, 5) is 13.6. The second-order valence-electron chi connectivity index (χ2n) is 4.79. The molecule has 0 spiro atoms. The van der Waals surface area contributed by atoms with Gasteiger partial charge in [0.1, 0.15) is 0 Å². The van der Waals surface area contributed by atoms with Crippen molar-refractivity contribution in [3.63, 3.8) is 0 Å². The largest absolute Gasteiger partial charge is 0.374 e. The van der Waals surface area contributed by atoms with E-state index in [4.69, 9.17) is 0 Å². The molecule has 78 valence electrons. The fraction of sp³-hybridized carbons (Fsp3) is 0.583. The van der Waals surface area contributed by atoms with E-state index in [2.05, 4.69) is 25.3 Å². The van der Waals surface area contributed by atoms with Gasteiger partial charge >= 0.3 is 0 Å². The summed E-state index contributed by atoms with van der Waals surface area (Å²) in [6.45, 7) is 8.77. The van der Waals surface area contributed by atoms with Gasteiger partial charge in [0.05, 0.1) is 0 Å². The smallest absolute Gasteiger partial charge is 0.157 e. The summed E-state index contributed by atoms with van der Waals surface area (Å²) >= 11 is 0. The first-order chi connectivity index (χ1) is 6.44. The molecule has 0 aliphatic heterocycles. The molecule has 0 radical (unpaired) electrons. The quantitative estimate of drug-likeness (QED) is 0.641. The van der Waals surface area contributed by atoms with Crippen LogP contribution in [0.2, 0.25) is 0 Å². The summed E-state index contributed by atoms with van der Waals surface area (Å²) in [6.07, 6.45) is 5.27. The first kappa shape index (κ1) is 11.0. The lowest BCUT2D eigenvalue weighted by Crippen LogP contribution is -2.29. The van der Waals surface area contributed by atoms with Gasteiger partial charge in [-0.25, -0.2) is 0 Å². The van der Waals surface area contributed by atoms with Crippen molar-refractivity contribution in [2.75, 3.05) is 13.6 Å². The Hall–Kier alpha value is -1.05. The lowest BCUT2D eigenvalue weighted by atomic mass is 9.78. The van der Waals surface area contributed by atoms with E-state index in [-0.39, 0.29) is 11.2 Å². The van der Waals surface area contributed by atoms with Gasteiger partial charge in [-0.2, -0.15) is 0 Å². The van der Waals surface area contributed by atoms with Gasteiger partial charge in [-0.15, -0.1) is 6.58 Å². The molecular formula is C12H19NO. The lowest BCUT2D eigenvalue weighted by Gasteiger charge is -2.33. The molecule has 2 heteroatoms. The zero-order valence-corrected chi connectivity index (χ0v) is 9.34. The molecule has 0 unspecified atom stereocenters. The molecule has 0 N–H and O–H groups in total. The SMILES string of the molecule is C=CCN(C)C1=CC(=O)CC(C)(C)C1. The van der Waals surface area contributed by atoms with Crippen LogP contribution in [-0.4, -0.2) is 24.3 Å². The van der Waals surface area contributed by atoms with Crippen molar-refractivity contribution in [3.8, 4) is 0 Å². The Morgan fingerprint density at radius 2 is 2.21 bits per heavy atom. The minimum atomic E-state index is 0.108. The van der Waals surface area contributed by atoms with Gasteiger partial charge in [0.15, 0.2) is 5.78 Å². The topological polar surface area (TPSA) is 20.3 Å². The summed E-state index contributed by atoms with van der Waals surface area (Å²) in [7, 11) is 2.00. The van der Waals surface area contributed by atoms with Crippen LogP contribution < -0.4 is 0 Å². The number of ketones is 1. The van der Waals surface area contributed by atoms with E-state index in [1.54, 1.807) is 6.08 Å². The molecule has 0 bridgehead atoms. The minimum absolute atomic E-state index is 0.108. The monoisotopic (exact) mass is 193 g/mol. The van der Waals surface area contributed by atoms with Crippen molar-refractivity contribution in [1.29, 1.82) is 0 Å². The number of hydrogen-bond acceptors (Lipinski definition) is 2. The van der Waals surface area contributed by atoms with Crippen molar-refractivity contribution in [2.45, 2.75) is 26.7 Å². The van der Waals surface area contributed by atoms with Crippen LogP contribution in [-0.2, 0) is 4.79 Å². The highest BCUT2D eigenvalue weighted by Crippen LogP contribution is 2.34. The zero-order valence-electron chi connectivity index (χ0n) is 9.34. The average molecular weight is 193 g/mol. The third kappa shape index (κ3) is 2.72. The molecule has 0 saturated carbocycles. The summed E-state index contributed by atoms with van der Waals surface area (Å²) in [5.74, 6) is 0.243. The van der Waals surface area contributed by atoms with Crippen LogP contribution in [0.15, 0.2) is 24.4 Å². The first-order valence-electron chi connectivity index (χ1n) is 5.00. The Morgan fingerprint density at radius 3 is 2.71 bits per heavy atom. The van der Waals surface area contributed by atoms with Crippen LogP contribution in [0.25, 0.3) is 0 Å². The highest BCUT2D eigenvalue weighted by atomic mass is 16.1. The Bertz CT molecular complexity index is 276. The molecular weight excluding hydrogens is 174 g/mol. The molecule has 14 heavy (non-hydrogen) atoms. The standard InChI is InChI=1S/C12H19NO/c1-5-6-13(4)10-7-11(14)9-12(2,3)8-10/h5,7H,1,6,8-9H2,2-4H3. The fourth-order valence-electron chi connectivity index (χ4n) is 1.87. The molecule has 0 atom stereocenters. The maximum Gasteiger partial charge on any atom is 0.157 e. The second-order valence-corrected chi connectivity index (χ2v) is 4.79. The second kappa shape index (κ2) is 3.99. The molecule has 2 nitrogen and oxygen atoms in total. The highest BCUT2D eigenvalue weighted by Gasteiger charge is 2.28.